The zero-order valence-electron chi connectivity index (χ0n) is 13.3. The van der Waals surface area contributed by atoms with Crippen LogP contribution in [0.2, 0.25) is 0 Å². The average Bonchev–Trinajstić information content (AvgIpc) is 3.05. The van der Waals surface area contributed by atoms with Crippen LogP contribution in [0.25, 0.3) is 0 Å². The van der Waals surface area contributed by atoms with E-state index >= 15 is 0 Å². The summed E-state index contributed by atoms with van der Waals surface area (Å²) in [4.78, 5) is 35.3. The van der Waals surface area contributed by atoms with Crippen LogP contribution < -0.4 is 16.0 Å². The van der Waals surface area contributed by atoms with Crippen molar-refractivity contribution >= 4 is 40.4 Å². The molecule has 2 aromatic rings. The van der Waals surface area contributed by atoms with Gasteiger partial charge in [0.1, 0.15) is 0 Å². The van der Waals surface area contributed by atoms with E-state index in [1.165, 1.54) is 18.3 Å². The van der Waals surface area contributed by atoms with Crippen LogP contribution in [0.1, 0.15) is 29.4 Å². The first-order valence-corrected chi connectivity index (χ1v) is 8.42. The van der Waals surface area contributed by atoms with Crippen molar-refractivity contribution in [3.05, 3.63) is 46.7 Å². The predicted molar refractivity (Wildman–Crippen MR) is 95.3 cm³/mol. The van der Waals surface area contributed by atoms with Crippen LogP contribution in [-0.2, 0) is 9.59 Å². The molecule has 0 fully saturated rings. The van der Waals surface area contributed by atoms with Gasteiger partial charge in [-0.05, 0) is 36.1 Å². The highest BCUT2D eigenvalue weighted by molar-refractivity contribution is 7.12. The van der Waals surface area contributed by atoms with Gasteiger partial charge < -0.3 is 16.0 Å². The van der Waals surface area contributed by atoms with Crippen LogP contribution in [0.5, 0.6) is 0 Å². The van der Waals surface area contributed by atoms with E-state index in [1.807, 2.05) is 11.4 Å². The van der Waals surface area contributed by atoms with Gasteiger partial charge in [0.05, 0.1) is 4.88 Å². The van der Waals surface area contributed by atoms with Gasteiger partial charge in [-0.15, -0.1) is 11.3 Å². The van der Waals surface area contributed by atoms with Gasteiger partial charge in [0.15, 0.2) is 0 Å². The van der Waals surface area contributed by atoms with E-state index in [-0.39, 0.29) is 17.7 Å². The fourth-order valence-corrected chi connectivity index (χ4v) is 2.69. The summed E-state index contributed by atoms with van der Waals surface area (Å²) in [6.07, 6.45) is 0.851. The standard InChI is InChI=1S/C17H19N3O3S/c1-12(21)19-13-5-2-6-14(11-13)20-16(22)8-3-9-18-17(23)15-7-4-10-24-15/h2,4-7,10-11H,3,8-9H2,1H3,(H,18,23)(H,19,21)(H,20,22). The molecule has 0 unspecified atom stereocenters. The lowest BCUT2D eigenvalue weighted by molar-refractivity contribution is -0.116. The van der Waals surface area contributed by atoms with E-state index in [1.54, 1.807) is 30.3 Å². The van der Waals surface area contributed by atoms with Gasteiger partial charge in [-0.2, -0.15) is 0 Å². The van der Waals surface area contributed by atoms with E-state index in [9.17, 15) is 14.4 Å². The topological polar surface area (TPSA) is 87.3 Å². The zero-order chi connectivity index (χ0) is 17.4. The summed E-state index contributed by atoms with van der Waals surface area (Å²) < 4.78 is 0. The monoisotopic (exact) mass is 345 g/mol. The van der Waals surface area contributed by atoms with E-state index in [0.717, 1.165) is 0 Å². The first-order chi connectivity index (χ1) is 11.5. The maximum atomic E-state index is 11.9. The Morgan fingerprint density at radius 3 is 2.46 bits per heavy atom. The Morgan fingerprint density at radius 1 is 1.04 bits per heavy atom. The lowest BCUT2D eigenvalue weighted by atomic mass is 10.2. The van der Waals surface area contributed by atoms with Gasteiger partial charge in [0, 0.05) is 31.3 Å². The summed E-state index contributed by atoms with van der Waals surface area (Å²) >= 11 is 1.38. The third kappa shape index (κ3) is 5.85. The van der Waals surface area contributed by atoms with Gasteiger partial charge in [-0.1, -0.05) is 12.1 Å². The average molecular weight is 345 g/mol. The van der Waals surface area contributed by atoms with E-state index in [2.05, 4.69) is 16.0 Å². The van der Waals surface area contributed by atoms with Crippen LogP contribution in [0.3, 0.4) is 0 Å². The lowest BCUT2D eigenvalue weighted by Crippen LogP contribution is -2.24. The molecule has 3 amide bonds. The zero-order valence-corrected chi connectivity index (χ0v) is 14.1. The summed E-state index contributed by atoms with van der Waals surface area (Å²) in [7, 11) is 0. The lowest BCUT2D eigenvalue weighted by Gasteiger charge is -2.08. The van der Waals surface area contributed by atoms with Gasteiger partial charge in [0.2, 0.25) is 11.8 Å². The number of carbonyl (C=O) groups excluding carboxylic acids is 3. The van der Waals surface area contributed by atoms with Gasteiger partial charge in [0.25, 0.3) is 5.91 Å². The number of anilines is 2. The van der Waals surface area contributed by atoms with Gasteiger partial charge in [-0.25, -0.2) is 0 Å². The Balaban J connectivity index is 1.71. The number of thiophene rings is 1. The molecule has 0 aliphatic carbocycles. The molecule has 0 atom stereocenters. The molecule has 0 aliphatic rings. The van der Waals surface area contributed by atoms with Crippen LogP contribution in [0, 0.1) is 0 Å². The summed E-state index contributed by atoms with van der Waals surface area (Å²) in [6.45, 7) is 1.87. The largest absolute Gasteiger partial charge is 0.351 e. The predicted octanol–water partition coefficient (Wildman–Crippen LogP) is 2.86. The van der Waals surface area contributed by atoms with Crippen molar-refractivity contribution in [3.8, 4) is 0 Å². The summed E-state index contributed by atoms with van der Waals surface area (Å²) in [5, 5.41) is 10.1. The number of hydrogen-bond donors (Lipinski definition) is 3. The third-order valence-corrected chi connectivity index (χ3v) is 3.95. The molecule has 0 saturated heterocycles. The van der Waals surface area contributed by atoms with Crippen LogP contribution in [0.4, 0.5) is 11.4 Å². The highest BCUT2D eigenvalue weighted by atomic mass is 32.1. The Morgan fingerprint density at radius 2 is 1.79 bits per heavy atom. The Hall–Kier alpha value is -2.67. The van der Waals surface area contributed by atoms with Crippen LogP contribution >= 0.6 is 11.3 Å². The SMILES string of the molecule is CC(=O)Nc1cccc(NC(=O)CCCNC(=O)c2cccs2)c1. The summed E-state index contributed by atoms with van der Waals surface area (Å²) in [5.74, 6) is -0.422. The number of benzene rings is 1. The Labute approximate surface area is 144 Å². The first-order valence-electron chi connectivity index (χ1n) is 7.54. The highest BCUT2D eigenvalue weighted by Crippen LogP contribution is 2.15. The third-order valence-electron chi connectivity index (χ3n) is 3.08. The summed E-state index contributed by atoms with van der Waals surface area (Å²) in [5.41, 5.74) is 1.25. The molecular weight excluding hydrogens is 326 g/mol. The molecule has 0 bridgehead atoms. The first kappa shape index (κ1) is 17.7. The maximum Gasteiger partial charge on any atom is 0.261 e. The molecule has 3 N–H and O–H groups in total. The number of amides is 3. The molecule has 0 aliphatic heterocycles. The van der Waals surface area contributed by atoms with E-state index < -0.39 is 0 Å². The minimum absolute atomic E-state index is 0.117. The highest BCUT2D eigenvalue weighted by Gasteiger charge is 2.07. The van der Waals surface area contributed by atoms with Gasteiger partial charge in [-0.3, -0.25) is 14.4 Å². The van der Waals surface area contributed by atoms with Crippen LogP contribution in [-0.4, -0.2) is 24.3 Å². The number of rotatable bonds is 7. The normalized spacial score (nSPS) is 10.0. The Bertz CT molecular complexity index is 714. The van der Waals surface area contributed by atoms with Crippen molar-refractivity contribution < 1.29 is 14.4 Å². The fourth-order valence-electron chi connectivity index (χ4n) is 2.05. The minimum atomic E-state index is -0.167. The minimum Gasteiger partial charge on any atom is -0.351 e. The fraction of sp³-hybridized carbons (Fsp3) is 0.235. The van der Waals surface area contributed by atoms with Gasteiger partial charge >= 0.3 is 0 Å². The molecule has 126 valence electrons. The van der Waals surface area contributed by atoms with Crippen molar-refractivity contribution in [2.45, 2.75) is 19.8 Å². The maximum absolute atomic E-state index is 11.9. The summed E-state index contributed by atoms with van der Waals surface area (Å²) in [6, 6.07) is 10.5. The number of carbonyl (C=O) groups is 3. The van der Waals surface area contributed by atoms with Crippen molar-refractivity contribution in [1.29, 1.82) is 0 Å². The molecule has 1 aromatic heterocycles. The quantitative estimate of drug-likeness (QED) is 0.674. The smallest absolute Gasteiger partial charge is 0.261 e. The second-order valence-corrected chi connectivity index (χ2v) is 6.09. The molecule has 1 aromatic carbocycles. The molecule has 1 heterocycles. The molecule has 0 spiro atoms. The van der Waals surface area contributed by atoms with E-state index in [0.29, 0.717) is 35.6 Å². The van der Waals surface area contributed by atoms with Crippen molar-refractivity contribution in [2.75, 3.05) is 17.2 Å². The molecule has 2 rings (SSSR count). The second kappa shape index (κ2) is 8.83. The van der Waals surface area contributed by atoms with E-state index in [4.69, 9.17) is 0 Å². The molecule has 7 heteroatoms. The molecule has 0 radical (unpaired) electrons. The van der Waals surface area contributed by atoms with Crippen molar-refractivity contribution in [3.63, 3.8) is 0 Å². The number of nitrogens with one attached hydrogen (secondary N) is 3. The van der Waals surface area contributed by atoms with Crippen LogP contribution in [0.15, 0.2) is 41.8 Å². The molecule has 6 nitrogen and oxygen atoms in total. The van der Waals surface area contributed by atoms with Crippen molar-refractivity contribution in [1.82, 2.24) is 5.32 Å². The molecular formula is C17H19N3O3S. The Kier molecular flexibility index (Phi) is 6.51. The second-order valence-electron chi connectivity index (χ2n) is 5.15. The van der Waals surface area contributed by atoms with Crippen molar-refractivity contribution in [2.24, 2.45) is 0 Å². The number of hydrogen-bond acceptors (Lipinski definition) is 4. The molecule has 0 saturated carbocycles. The molecule has 24 heavy (non-hydrogen) atoms.